The Hall–Kier alpha value is -3.59. The number of nitrogens with one attached hydrogen (secondary N) is 1. The van der Waals surface area contributed by atoms with Crippen LogP contribution in [0.5, 0.6) is 5.75 Å². The van der Waals surface area contributed by atoms with Gasteiger partial charge in [0.2, 0.25) is 0 Å². The van der Waals surface area contributed by atoms with Crippen LogP contribution >= 0.6 is 0 Å². The van der Waals surface area contributed by atoms with Crippen LogP contribution < -0.4 is 10.1 Å². The minimum absolute atomic E-state index is 0.196. The Bertz CT molecular complexity index is 852. The fourth-order valence-corrected chi connectivity index (χ4v) is 2.17. The Morgan fingerprint density at radius 2 is 1.81 bits per heavy atom. The number of nitriles is 1. The third-order valence-electron chi connectivity index (χ3n) is 3.54. The van der Waals surface area contributed by atoms with Crippen LogP contribution in [-0.2, 0) is 14.3 Å². The molecule has 6 nitrogen and oxygen atoms in total. The number of hydrogen-bond acceptors (Lipinski definition) is 5. The Kier molecular flexibility index (Phi) is 7.15. The number of benzene rings is 2. The van der Waals surface area contributed by atoms with Crippen LogP contribution in [0.4, 0.5) is 5.69 Å². The number of nitrogens with zero attached hydrogens (tertiary/aromatic N) is 1. The SMILES string of the molecule is CCOc1ccc(/C=C(\C#N)C(=O)O[C@H](C)C(=O)Nc2ccccc2)cc1. The van der Waals surface area contributed by atoms with Crippen molar-refractivity contribution in [2.24, 2.45) is 0 Å². The van der Waals surface area contributed by atoms with E-state index in [-0.39, 0.29) is 5.57 Å². The molecule has 138 valence electrons. The van der Waals surface area contributed by atoms with Gasteiger partial charge in [0.15, 0.2) is 6.10 Å². The Labute approximate surface area is 158 Å². The molecule has 2 aromatic rings. The standard InChI is InChI=1S/C21H20N2O4/c1-3-26-19-11-9-16(10-12-19)13-17(14-22)21(25)27-15(2)20(24)23-18-7-5-4-6-8-18/h4-13,15H,3H2,1-2H3,(H,23,24)/b17-13+/t15-/m1/s1. The first-order valence-electron chi connectivity index (χ1n) is 8.45. The number of hydrogen-bond donors (Lipinski definition) is 1. The monoisotopic (exact) mass is 364 g/mol. The Morgan fingerprint density at radius 3 is 2.41 bits per heavy atom. The van der Waals surface area contributed by atoms with Gasteiger partial charge < -0.3 is 14.8 Å². The van der Waals surface area contributed by atoms with Gasteiger partial charge in [-0.2, -0.15) is 5.26 Å². The number of ether oxygens (including phenoxy) is 2. The van der Waals surface area contributed by atoms with Gasteiger partial charge in [-0.05, 0) is 49.8 Å². The van der Waals surface area contributed by atoms with E-state index in [4.69, 9.17) is 9.47 Å². The van der Waals surface area contributed by atoms with Crippen molar-refractivity contribution in [2.75, 3.05) is 11.9 Å². The average molecular weight is 364 g/mol. The van der Waals surface area contributed by atoms with Crippen molar-refractivity contribution in [1.29, 1.82) is 5.26 Å². The second kappa shape index (κ2) is 9.78. The van der Waals surface area contributed by atoms with Gasteiger partial charge in [0.25, 0.3) is 5.91 Å². The first-order valence-corrected chi connectivity index (χ1v) is 8.45. The van der Waals surface area contributed by atoms with Crippen molar-refractivity contribution in [2.45, 2.75) is 20.0 Å². The van der Waals surface area contributed by atoms with Gasteiger partial charge in [0.05, 0.1) is 6.61 Å². The Morgan fingerprint density at radius 1 is 1.15 bits per heavy atom. The fourth-order valence-electron chi connectivity index (χ4n) is 2.17. The third kappa shape index (κ3) is 6.01. The third-order valence-corrected chi connectivity index (χ3v) is 3.54. The van der Waals surface area contributed by atoms with Crippen molar-refractivity contribution in [3.8, 4) is 11.8 Å². The molecule has 0 radical (unpaired) electrons. The number of amides is 1. The fraction of sp³-hybridized carbons (Fsp3) is 0.190. The second-order valence-electron chi connectivity index (χ2n) is 5.57. The molecule has 0 aliphatic heterocycles. The summed E-state index contributed by atoms with van der Waals surface area (Å²) in [7, 11) is 0. The summed E-state index contributed by atoms with van der Waals surface area (Å²) in [5.74, 6) is -0.642. The molecule has 2 aromatic carbocycles. The maximum atomic E-state index is 12.2. The highest BCUT2D eigenvalue weighted by atomic mass is 16.5. The lowest BCUT2D eigenvalue weighted by Crippen LogP contribution is -2.30. The molecule has 0 aliphatic rings. The van der Waals surface area contributed by atoms with E-state index in [0.717, 1.165) is 0 Å². The molecular weight excluding hydrogens is 344 g/mol. The van der Waals surface area contributed by atoms with Crippen molar-refractivity contribution < 1.29 is 19.1 Å². The predicted octanol–water partition coefficient (Wildman–Crippen LogP) is 3.56. The topological polar surface area (TPSA) is 88.4 Å². The molecule has 6 heteroatoms. The highest BCUT2D eigenvalue weighted by Crippen LogP contribution is 2.15. The van der Waals surface area contributed by atoms with E-state index < -0.39 is 18.0 Å². The summed E-state index contributed by atoms with van der Waals surface area (Å²) in [6.45, 7) is 3.88. The van der Waals surface area contributed by atoms with E-state index in [1.165, 1.54) is 13.0 Å². The first-order chi connectivity index (χ1) is 13.0. The lowest BCUT2D eigenvalue weighted by Gasteiger charge is -2.13. The molecule has 0 bridgehead atoms. The van der Waals surface area contributed by atoms with Gasteiger partial charge in [0.1, 0.15) is 17.4 Å². The molecule has 0 aliphatic carbocycles. The highest BCUT2D eigenvalue weighted by molar-refractivity contribution is 6.01. The van der Waals surface area contributed by atoms with Crippen molar-refractivity contribution >= 4 is 23.6 Å². The molecule has 0 fully saturated rings. The van der Waals surface area contributed by atoms with Gasteiger partial charge in [0, 0.05) is 5.69 Å². The quantitative estimate of drug-likeness (QED) is 0.461. The number of carbonyl (C=O) groups excluding carboxylic acids is 2. The molecule has 0 unspecified atom stereocenters. The number of carbonyl (C=O) groups is 2. The van der Waals surface area contributed by atoms with E-state index in [1.54, 1.807) is 48.5 Å². The van der Waals surface area contributed by atoms with E-state index in [1.807, 2.05) is 19.1 Å². The summed E-state index contributed by atoms with van der Waals surface area (Å²) < 4.78 is 10.5. The zero-order valence-corrected chi connectivity index (χ0v) is 15.1. The molecule has 1 atom stereocenters. The summed E-state index contributed by atoms with van der Waals surface area (Å²) >= 11 is 0. The summed E-state index contributed by atoms with van der Waals surface area (Å²) in [4.78, 5) is 24.3. The van der Waals surface area contributed by atoms with Crippen LogP contribution in [0.2, 0.25) is 0 Å². The molecule has 1 N–H and O–H groups in total. The zero-order valence-electron chi connectivity index (χ0n) is 15.1. The summed E-state index contributed by atoms with van der Waals surface area (Å²) in [5, 5.41) is 11.9. The normalized spacial score (nSPS) is 11.8. The summed E-state index contributed by atoms with van der Waals surface area (Å²) in [6.07, 6.45) is 0.356. The zero-order chi connectivity index (χ0) is 19.6. The summed E-state index contributed by atoms with van der Waals surface area (Å²) in [5.41, 5.74) is 1.04. The first kappa shape index (κ1) is 19.7. The minimum Gasteiger partial charge on any atom is -0.494 e. The van der Waals surface area contributed by atoms with Crippen molar-refractivity contribution in [3.05, 3.63) is 65.7 Å². The molecule has 27 heavy (non-hydrogen) atoms. The number of para-hydroxylation sites is 1. The van der Waals surface area contributed by atoms with E-state index in [9.17, 15) is 14.9 Å². The van der Waals surface area contributed by atoms with Crippen LogP contribution in [0.1, 0.15) is 19.4 Å². The minimum atomic E-state index is -1.05. The largest absolute Gasteiger partial charge is 0.494 e. The molecule has 0 saturated carbocycles. The van der Waals surface area contributed by atoms with Crippen LogP contribution in [0.3, 0.4) is 0 Å². The van der Waals surface area contributed by atoms with Gasteiger partial charge in [-0.1, -0.05) is 30.3 Å². The van der Waals surface area contributed by atoms with Gasteiger partial charge in [-0.15, -0.1) is 0 Å². The smallest absolute Gasteiger partial charge is 0.349 e. The van der Waals surface area contributed by atoms with E-state index >= 15 is 0 Å². The molecule has 0 saturated heterocycles. The molecule has 0 aromatic heterocycles. The second-order valence-corrected chi connectivity index (χ2v) is 5.57. The predicted molar refractivity (Wildman–Crippen MR) is 102 cm³/mol. The van der Waals surface area contributed by atoms with Crippen LogP contribution in [0, 0.1) is 11.3 Å². The average Bonchev–Trinajstić information content (AvgIpc) is 2.68. The van der Waals surface area contributed by atoms with Crippen LogP contribution in [0.15, 0.2) is 60.2 Å². The lowest BCUT2D eigenvalue weighted by molar-refractivity contribution is -0.148. The van der Waals surface area contributed by atoms with Crippen molar-refractivity contribution in [1.82, 2.24) is 0 Å². The van der Waals surface area contributed by atoms with Gasteiger partial charge in [-0.25, -0.2) is 4.79 Å². The van der Waals surface area contributed by atoms with Gasteiger partial charge >= 0.3 is 5.97 Å². The lowest BCUT2D eigenvalue weighted by atomic mass is 10.1. The molecule has 0 spiro atoms. The maximum Gasteiger partial charge on any atom is 0.349 e. The van der Waals surface area contributed by atoms with Crippen LogP contribution in [0.25, 0.3) is 6.08 Å². The molecule has 1 amide bonds. The number of rotatable bonds is 7. The summed E-state index contributed by atoms with van der Waals surface area (Å²) in [6, 6.07) is 17.6. The molecule has 2 rings (SSSR count). The van der Waals surface area contributed by atoms with Gasteiger partial charge in [-0.3, -0.25) is 4.79 Å². The molecule has 0 heterocycles. The van der Waals surface area contributed by atoms with Crippen molar-refractivity contribution in [3.63, 3.8) is 0 Å². The maximum absolute atomic E-state index is 12.2. The number of esters is 1. The molecular formula is C21H20N2O4. The van der Waals surface area contributed by atoms with E-state index in [0.29, 0.717) is 23.6 Å². The van der Waals surface area contributed by atoms with E-state index in [2.05, 4.69) is 5.32 Å². The van der Waals surface area contributed by atoms with Crippen LogP contribution in [-0.4, -0.2) is 24.6 Å². The highest BCUT2D eigenvalue weighted by Gasteiger charge is 2.20. The Balaban J connectivity index is 2.01. The number of anilines is 1.